The zero-order chi connectivity index (χ0) is 17.5. The first kappa shape index (κ1) is 17.7. The summed E-state index contributed by atoms with van der Waals surface area (Å²) in [4.78, 5) is 27.7. The van der Waals surface area contributed by atoms with E-state index in [9.17, 15) is 14.7 Å². The molecule has 0 fully saturated rings. The minimum absolute atomic E-state index is 0.0435. The van der Waals surface area contributed by atoms with Gasteiger partial charge in [-0.05, 0) is 29.8 Å². The number of hydrogen-bond acceptors (Lipinski definition) is 4. The zero-order valence-electron chi connectivity index (χ0n) is 13.1. The summed E-state index contributed by atoms with van der Waals surface area (Å²) < 4.78 is 0. The Hall–Kier alpha value is -2.60. The fourth-order valence-electron chi connectivity index (χ4n) is 2.12. The number of halogens is 1. The van der Waals surface area contributed by atoms with Crippen molar-refractivity contribution in [2.75, 3.05) is 0 Å². The van der Waals surface area contributed by atoms with Gasteiger partial charge in [0.1, 0.15) is 11.8 Å². The van der Waals surface area contributed by atoms with Crippen LogP contribution >= 0.6 is 11.6 Å². The van der Waals surface area contributed by atoms with Gasteiger partial charge in [-0.15, -0.1) is 0 Å². The lowest BCUT2D eigenvalue weighted by atomic mass is 10.1. The number of carbonyl (C=O) groups is 2. The van der Waals surface area contributed by atoms with Crippen LogP contribution in [0.3, 0.4) is 0 Å². The van der Waals surface area contributed by atoms with Crippen LogP contribution in [0.5, 0.6) is 5.75 Å². The minimum atomic E-state index is -0.744. The number of aromatic nitrogens is 1. The summed E-state index contributed by atoms with van der Waals surface area (Å²) in [6.45, 7) is 1.68. The van der Waals surface area contributed by atoms with Crippen LogP contribution in [0.25, 0.3) is 0 Å². The second-order valence-corrected chi connectivity index (χ2v) is 5.75. The molecule has 0 unspecified atom stereocenters. The van der Waals surface area contributed by atoms with Crippen LogP contribution in [0.1, 0.15) is 18.2 Å². The van der Waals surface area contributed by atoms with Crippen molar-refractivity contribution in [2.45, 2.75) is 25.9 Å². The average Bonchev–Trinajstić information content (AvgIpc) is 2.55. The van der Waals surface area contributed by atoms with Crippen LogP contribution in [0, 0.1) is 0 Å². The smallest absolute Gasteiger partial charge is 0.243 e. The predicted octanol–water partition coefficient (Wildman–Crippen LogP) is 1.80. The highest BCUT2D eigenvalue weighted by atomic mass is 35.5. The van der Waals surface area contributed by atoms with E-state index in [1.54, 1.807) is 18.2 Å². The van der Waals surface area contributed by atoms with E-state index in [0.29, 0.717) is 17.3 Å². The van der Waals surface area contributed by atoms with Crippen molar-refractivity contribution in [3.8, 4) is 5.75 Å². The van der Waals surface area contributed by atoms with Crippen molar-refractivity contribution in [1.29, 1.82) is 0 Å². The average molecular weight is 348 g/mol. The number of aromatic hydroxyl groups is 1. The van der Waals surface area contributed by atoms with Gasteiger partial charge in [-0.2, -0.15) is 0 Å². The number of rotatable bonds is 6. The molecule has 7 heteroatoms. The Labute approximate surface area is 144 Å². The molecule has 0 radical (unpaired) electrons. The summed E-state index contributed by atoms with van der Waals surface area (Å²) in [5.74, 6) is -0.572. The number of carbonyl (C=O) groups excluding carboxylic acids is 2. The molecule has 0 bridgehead atoms. The predicted molar refractivity (Wildman–Crippen MR) is 90.5 cm³/mol. The second-order valence-electron chi connectivity index (χ2n) is 5.31. The number of nitrogens with one attached hydrogen (secondary N) is 2. The van der Waals surface area contributed by atoms with Crippen molar-refractivity contribution < 1.29 is 14.7 Å². The molecule has 0 aliphatic carbocycles. The van der Waals surface area contributed by atoms with Gasteiger partial charge in [0.05, 0.1) is 6.20 Å². The molecule has 2 rings (SSSR count). The van der Waals surface area contributed by atoms with Crippen molar-refractivity contribution in [1.82, 2.24) is 15.6 Å². The Morgan fingerprint density at radius 3 is 2.50 bits per heavy atom. The maximum absolute atomic E-state index is 12.4. The third kappa shape index (κ3) is 5.55. The Morgan fingerprint density at radius 2 is 1.92 bits per heavy atom. The first-order chi connectivity index (χ1) is 11.4. The van der Waals surface area contributed by atoms with Crippen molar-refractivity contribution in [3.63, 3.8) is 0 Å². The molecule has 2 amide bonds. The summed E-state index contributed by atoms with van der Waals surface area (Å²) >= 11 is 5.82. The monoisotopic (exact) mass is 347 g/mol. The number of hydrogen-bond donors (Lipinski definition) is 3. The molecule has 2 aromatic rings. The highest BCUT2D eigenvalue weighted by Crippen LogP contribution is 2.10. The molecular formula is C17H18ClN3O3. The number of nitrogens with zero attached hydrogens (tertiary/aromatic N) is 1. The normalized spacial score (nSPS) is 11.6. The summed E-state index contributed by atoms with van der Waals surface area (Å²) in [6, 6.07) is 9.47. The van der Waals surface area contributed by atoms with Gasteiger partial charge in [0, 0.05) is 30.6 Å². The standard InChI is InChI=1S/C17H18ClN3O3/c1-11(22)21-16(8-14-6-7-15(23)10-19-14)17(24)20-9-12-2-4-13(18)5-3-12/h2-7,10,16,23H,8-9H2,1H3,(H,20,24)(H,21,22)/t16-/m0/s1. The van der Waals surface area contributed by atoms with Gasteiger partial charge in [-0.3, -0.25) is 14.6 Å². The molecule has 1 aromatic heterocycles. The molecule has 0 aliphatic rings. The minimum Gasteiger partial charge on any atom is -0.506 e. The molecule has 0 spiro atoms. The van der Waals surface area contributed by atoms with Crippen molar-refractivity contribution >= 4 is 23.4 Å². The van der Waals surface area contributed by atoms with E-state index in [1.165, 1.54) is 19.2 Å². The highest BCUT2D eigenvalue weighted by molar-refractivity contribution is 6.30. The van der Waals surface area contributed by atoms with Gasteiger partial charge >= 0.3 is 0 Å². The summed E-state index contributed by atoms with van der Waals surface area (Å²) in [7, 11) is 0. The van der Waals surface area contributed by atoms with Crippen molar-refractivity contribution in [3.05, 3.63) is 58.9 Å². The Morgan fingerprint density at radius 1 is 1.21 bits per heavy atom. The van der Waals surface area contributed by atoms with Crippen LogP contribution in [0.4, 0.5) is 0 Å². The number of amides is 2. The number of pyridine rings is 1. The Bertz CT molecular complexity index is 702. The van der Waals surface area contributed by atoms with E-state index in [0.717, 1.165) is 5.56 Å². The molecule has 3 N–H and O–H groups in total. The van der Waals surface area contributed by atoms with Gasteiger partial charge in [-0.1, -0.05) is 23.7 Å². The van der Waals surface area contributed by atoms with Gasteiger partial charge < -0.3 is 15.7 Å². The number of benzene rings is 1. The van der Waals surface area contributed by atoms with Crippen LogP contribution in [0.15, 0.2) is 42.6 Å². The Balaban J connectivity index is 2.00. The first-order valence-corrected chi connectivity index (χ1v) is 7.75. The van der Waals surface area contributed by atoms with E-state index in [2.05, 4.69) is 15.6 Å². The fourth-order valence-corrected chi connectivity index (χ4v) is 2.24. The lowest BCUT2D eigenvalue weighted by Gasteiger charge is -2.17. The Kier molecular flexibility index (Phi) is 6.14. The summed E-state index contributed by atoms with van der Waals surface area (Å²) in [5.41, 5.74) is 1.49. The van der Waals surface area contributed by atoms with Crippen LogP contribution < -0.4 is 10.6 Å². The molecule has 6 nitrogen and oxygen atoms in total. The molecule has 1 atom stereocenters. The fraction of sp³-hybridized carbons (Fsp3) is 0.235. The van der Waals surface area contributed by atoms with E-state index in [1.807, 2.05) is 12.1 Å². The lowest BCUT2D eigenvalue weighted by molar-refractivity contribution is -0.128. The molecule has 24 heavy (non-hydrogen) atoms. The zero-order valence-corrected chi connectivity index (χ0v) is 13.9. The van der Waals surface area contributed by atoms with E-state index < -0.39 is 6.04 Å². The van der Waals surface area contributed by atoms with Gasteiger partial charge in [-0.25, -0.2) is 0 Å². The van der Waals surface area contributed by atoms with Gasteiger partial charge in [0.15, 0.2) is 0 Å². The topological polar surface area (TPSA) is 91.3 Å². The van der Waals surface area contributed by atoms with Gasteiger partial charge in [0.25, 0.3) is 0 Å². The van der Waals surface area contributed by atoms with E-state index >= 15 is 0 Å². The van der Waals surface area contributed by atoms with Crippen LogP contribution in [0.2, 0.25) is 5.02 Å². The largest absolute Gasteiger partial charge is 0.506 e. The van der Waals surface area contributed by atoms with Gasteiger partial charge in [0.2, 0.25) is 11.8 Å². The van der Waals surface area contributed by atoms with Crippen LogP contribution in [-0.4, -0.2) is 27.9 Å². The van der Waals surface area contributed by atoms with Crippen LogP contribution in [-0.2, 0) is 22.6 Å². The molecule has 1 aromatic carbocycles. The van der Waals surface area contributed by atoms with E-state index in [-0.39, 0.29) is 24.0 Å². The summed E-state index contributed by atoms with van der Waals surface area (Å²) in [6.07, 6.45) is 1.53. The quantitative estimate of drug-likeness (QED) is 0.743. The molecule has 1 heterocycles. The van der Waals surface area contributed by atoms with Crippen molar-refractivity contribution in [2.24, 2.45) is 0 Å². The molecule has 126 valence electrons. The molecule has 0 saturated heterocycles. The first-order valence-electron chi connectivity index (χ1n) is 7.37. The third-order valence-electron chi connectivity index (χ3n) is 3.30. The SMILES string of the molecule is CC(=O)N[C@@H](Cc1ccc(O)cn1)C(=O)NCc1ccc(Cl)cc1. The third-order valence-corrected chi connectivity index (χ3v) is 3.55. The molecule has 0 aliphatic heterocycles. The maximum atomic E-state index is 12.4. The second kappa shape index (κ2) is 8.31. The lowest BCUT2D eigenvalue weighted by Crippen LogP contribution is -2.47. The molecule has 0 saturated carbocycles. The summed E-state index contributed by atoms with van der Waals surface area (Å²) in [5, 5.41) is 15.3. The highest BCUT2D eigenvalue weighted by Gasteiger charge is 2.20. The maximum Gasteiger partial charge on any atom is 0.243 e. The molecular weight excluding hydrogens is 330 g/mol. The van der Waals surface area contributed by atoms with E-state index in [4.69, 9.17) is 11.6 Å².